The molecule has 2 aromatic rings. The van der Waals surface area contributed by atoms with Crippen LogP contribution < -0.4 is 0 Å². The summed E-state index contributed by atoms with van der Waals surface area (Å²) in [5, 5.41) is -1.02. The topological polar surface area (TPSA) is 12.9 Å². The normalized spacial score (nSPS) is 15.1. The van der Waals surface area contributed by atoms with Crippen LogP contribution in [0.25, 0.3) is 10.8 Å². The molecule has 0 aliphatic heterocycles. The third-order valence-corrected chi connectivity index (χ3v) is 3.59. The third kappa shape index (κ3) is 3.36. The maximum Gasteiger partial charge on any atom is 0.311 e. The number of rotatable bonds is 1. The molecule has 8 heteroatoms. The molecule has 1 nitrogen and oxygen atoms in total. The van der Waals surface area contributed by atoms with Gasteiger partial charge in [-0.2, -0.15) is 0 Å². The van der Waals surface area contributed by atoms with Crippen LogP contribution in [0, 0.1) is 12.7 Å². The standard InChI is InChI=1S/C10H7F6NS.C2H6/c1-6-9-4-7(11)5-10(8(9)2-3-17-6)18(12,13,14,15)16;1-2/h2-5H,1H3;1-2H3. The second-order valence-electron chi connectivity index (χ2n) is 3.86. The predicted molar refractivity (Wildman–Crippen MR) is 69.2 cm³/mol. The lowest BCUT2D eigenvalue weighted by molar-refractivity contribution is 0.364. The number of fused-ring (bicyclic) bond motifs is 1. The van der Waals surface area contributed by atoms with Gasteiger partial charge in [-0.25, -0.2) is 4.39 Å². The first-order valence-electron chi connectivity index (χ1n) is 5.67. The molecule has 0 bridgehead atoms. The molecule has 0 atom stereocenters. The molecule has 0 fully saturated rings. The molecule has 0 saturated carbocycles. The summed E-state index contributed by atoms with van der Waals surface area (Å²) >= 11 is 0. The van der Waals surface area contributed by atoms with Crippen LogP contribution >= 0.6 is 10.2 Å². The summed E-state index contributed by atoms with van der Waals surface area (Å²) in [7, 11) is -9.93. The van der Waals surface area contributed by atoms with Gasteiger partial charge in [-0.3, -0.25) is 4.98 Å². The minimum absolute atomic E-state index is 0.0510. The highest BCUT2D eigenvalue weighted by atomic mass is 32.5. The summed E-state index contributed by atoms with van der Waals surface area (Å²) in [6.45, 7) is 5.32. The first kappa shape index (κ1) is 16.6. The maximum absolute atomic E-state index is 13.1. The first-order chi connectivity index (χ1) is 8.88. The summed E-state index contributed by atoms with van der Waals surface area (Å²) in [4.78, 5) is 1.44. The van der Waals surface area contributed by atoms with Crippen LogP contribution in [-0.2, 0) is 0 Å². The average Bonchev–Trinajstić information content (AvgIpc) is 2.29. The number of hydrogen-bond donors (Lipinski definition) is 0. The van der Waals surface area contributed by atoms with Crippen LogP contribution in [-0.4, -0.2) is 4.98 Å². The Labute approximate surface area is 112 Å². The molecule has 0 radical (unpaired) electrons. The number of halogens is 6. The average molecular weight is 317 g/mol. The molecule has 0 unspecified atom stereocenters. The summed E-state index contributed by atoms with van der Waals surface area (Å²) in [6.07, 6.45) is 0.975. The smallest absolute Gasteiger partial charge is 0.261 e. The Morgan fingerprint density at radius 2 is 1.50 bits per heavy atom. The van der Waals surface area contributed by atoms with E-state index in [-0.39, 0.29) is 17.1 Å². The van der Waals surface area contributed by atoms with E-state index in [1.165, 1.54) is 6.92 Å². The van der Waals surface area contributed by atoms with E-state index in [4.69, 9.17) is 0 Å². The van der Waals surface area contributed by atoms with Gasteiger partial charge in [0.25, 0.3) is 0 Å². The predicted octanol–water partition coefficient (Wildman–Crippen LogP) is 6.37. The Hall–Kier alpha value is -1.44. The lowest BCUT2D eigenvalue weighted by Gasteiger charge is -2.41. The molecule has 0 aliphatic carbocycles. The number of hydrogen-bond acceptors (Lipinski definition) is 1. The largest absolute Gasteiger partial charge is 0.311 e. The molecule has 0 amide bonds. The van der Waals surface area contributed by atoms with Crippen molar-refractivity contribution >= 4 is 21.0 Å². The lowest BCUT2D eigenvalue weighted by Crippen LogP contribution is -2.07. The van der Waals surface area contributed by atoms with Crippen molar-refractivity contribution in [2.45, 2.75) is 25.7 Å². The van der Waals surface area contributed by atoms with Crippen molar-refractivity contribution in [3.05, 3.63) is 35.9 Å². The zero-order valence-electron chi connectivity index (χ0n) is 10.9. The van der Waals surface area contributed by atoms with Crippen LogP contribution in [0.2, 0.25) is 0 Å². The van der Waals surface area contributed by atoms with Gasteiger partial charge in [-0.1, -0.05) is 33.3 Å². The van der Waals surface area contributed by atoms with Crippen molar-refractivity contribution in [3.8, 4) is 0 Å². The quantitative estimate of drug-likeness (QED) is 0.557. The number of benzene rings is 1. The summed E-state index contributed by atoms with van der Waals surface area (Å²) in [5.41, 5.74) is 0.0510. The Bertz CT molecular complexity index is 650. The highest BCUT2D eigenvalue weighted by Gasteiger charge is 2.66. The number of aryl methyl sites for hydroxylation is 1. The second-order valence-corrected chi connectivity index (χ2v) is 6.24. The fraction of sp³-hybridized carbons (Fsp3) is 0.250. The highest BCUT2D eigenvalue weighted by molar-refractivity contribution is 8.46. The van der Waals surface area contributed by atoms with Crippen molar-refractivity contribution in [3.63, 3.8) is 0 Å². The van der Waals surface area contributed by atoms with Crippen LogP contribution in [0.5, 0.6) is 0 Å². The molecule has 0 saturated heterocycles. The van der Waals surface area contributed by atoms with Crippen LogP contribution in [0.3, 0.4) is 0 Å². The van der Waals surface area contributed by atoms with E-state index >= 15 is 0 Å². The minimum Gasteiger partial charge on any atom is -0.261 e. The van der Waals surface area contributed by atoms with Crippen molar-refractivity contribution in [2.75, 3.05) is 0 Å². The van der Waals surface area contributed by atoms with Crippen molar-refractivity contribution in [2.24, 2.45) is 0 Å². The molecule has 2 rings (SSSR count). The monoisotopic (exact) mass is 317 g/mol. The van der Waals surface area contributed by atoms with E-state index in [2.05, 4.69) is 4.98 Å². The molecular weight excluding hydrogens is 304 g/mol. The summed E-state index contributed by atoms with van der Waals surface area (Å²) < 4.78 is 77.1. The molecule has 0 aliphatic rings. The van der Waals surface area contributed by atoms with E-state index < -0.39 is 26.3 Å². The fourth-order valence-electron chi connectivity index (χ4n) is 1.68. The van der Waals surface area contributed by atoms with Crippen molar-refractivity contribution in [1.29, 1.82) is 0 Å². The van der Waals surface area contributed by atoms with E-state index in [1.54, 1.807) is 0 Å². The minimum atomic E-state index is -9.93. The summed E-state index contributed by atoms with van der Waals surface area (Å²) in [6, 6.07) is 1.38. The Morgan fingerprint density at radius 3 is 2.00 bits per heavy atom. The second kappa shape index (κ2) is 4.28. The zero-order valence-corrected chi connectivity index (χ0v) is 11.7. The number of nitrogens with zero attached hydrogens (tertiary/aromatic N) is 1. The third-order valence-electron chi connectivity index (χ3n) is 2.42. The molecule has 1 heterocycles. The van der Waals surface area contributed by atoms with E-state index in [9.17, 15) is 23.8 Å². The van der Waals surface area contributed by atoms with Gasteiger partial charge >= 0.3 is 10.2 Å². The van der Waals surface area contributed by atoms with Crippen LogP contribution in [0.1, 0.15) is 19.5 Å². The van der Waals surface area contributed by atoms with Crippen LogP contribution in [0.4, 0.5) is 23.8 Å². The zero-order chi connectivity index (χ0) is 15.8. The van der Waals surface area contributed by atoms with Gasteiger partial charge in [0, 0.05) is 22.7 Å². The Balaban J connectivity index is 0.000000956. The molecule has 1 aromatic carbocycles. The van der Waals surface area contributed by atoms with Gasteiger partial charge in [-0.15, -0.1) is 0 Å². The van der Waals surface area contributed by atoms with Gasteiger partial charge < -0.3 is 0 Å². The fourth-order valence-corrected chi connectivity index (χ4v) is 2.61. The van der Waals surface area contributed by atoms with Crippen LogP contribution in [0.15, 0.2) is 29.3 Å². The van der Waals surface area contributed by atoms with E-state index in [0.29, 0.717) is 0 Å². The molecule has 114 valence electrons. The van der Waals surface area contributed by atoms with Gasteiger partial charge in [0.05, 0.1) is 0 Å². The van der Waals surface area contributed by atoms with Crippen molar-refractivity contribution < 1.29 is 23.8 Å². The number of aromatic nitrogens is 1. The Morgan fingerprint density at radius 1 is 0.950 bits per heavy atom. The van der Waals surface area contributed by atoms with Gasteiger partial charge in [-0.05, 0) is 25.1 Å². The molecule has 0 N–H and O–H groups in total. The molecular formula is C12H13F6NS. The van der Waals surface area contributed by atoms with E-state index in [0.717, 1.165) is 18.3 Å². The maximum atomic E-state index is 13.1. The van der Waals surface area contributed by atoms with Gasteiger partial charge in [0.1, 0.15) is 10.7 Å². The van der Waals surface area contributed by atoms with Gasteiger partial charge in [0.15, 0.2) is 0 Å². The summed E-state index contributed by atoms with van der Waals surface area (Å²) in [5.74, 6) is -1.37. The molecule has 20 heavy (non-hydrogen) atoms. The lowest BCUT2D eigenvalue weighted by atomic mass is 10.1. The van der Waals surface area contributed by atoms with E-state index in [1.807, 2.05) is 13.8 Å². The highest BCUT2D eigenvalue weighted by Crippen LogP contribution is 3.02. The molecule has 1 aromatic heterocycles. The molecule has 0 spiro atoms. The Kier molecular flexibility index (Phi) is 3.55. The van der Waals surface area contributed by atoms with Crippen molar-refractivity contribution in [1.82, 2.24) is 4.98 Å². The first-order valence-corrected chi connectivity index (χ1v) is 7.62. The van der Waals surface area contributed by atoms with Gasteiger partial charge in [0.2, 0.25) is 0 Å². The SMILES string of the molecule is CC.Cc1nccc2c(S(F)(F)(F)(F)F)cc(F)cc12. The number of pyridine rings is 1.